The lowest BCUT2D eigenvalue weighted by molar-refractivity contribution is 0.460. The van der Waals surface area contributed by atoms with E-state index in [-0.39, 0.29) is 0 Å². The molecule has 2 N–H and O–H groups in total. The molecule has 3 aromatic rings. The number of piperidine rings is 1. The summed E-state index contributed by atoms with van der Waals surface area (Å²) in [5.41, 5.74) is 5.77. The molecule has 0 saturated carbocycles. The Morgan fingerprint density at radius 3 is 2.73 bits per heavy atom. The molecule has 0 bridgehead atoms. The lowest BCUT2D eigenvalue weighted by Gasteiger charge is -2.31. The van der Waals surface area contributed by atoms with E-state index in [9.17, 15) is 0 Å². The fourth-order valence-corrected chi connectivity index (χ4v) is 3.51. The van der Waals surface area contributed by atoms with Crippen molar-refractivity contribution < 1.29 is 0 Å². The van der Waals surface area contributed by atoms with E-state index in [2.05, 4.69) is 41.5 Å². The fourth-order valence-electron chi connectivity index (χ4n) is 3.51. The van der Waals surface area contributed by atoms with Gasteiger partial charge in [-0.2, -0.15) is 4.98 Å². The fraction of sp³-hybridized carbons (Fsp3) is 0.471. The third-order valence-electron chi connectivity index (χ3n) is 4.86. The quantitative estimate of drug-likeness (QED) is 0.737. The summed E-state index contributed by atoms with van der Waals surface area (Å²) in [5.74, 6) is 3.67. The number of aromatic nitrogens is 7. The summed E-state index contributed by atoms with van der Waals surface area (Å²) in [6.45, 7) is 5.48. The van der Waals surface area contributed by atoms with Gasteiger partial charge in [-0.3, -0.25) is 0 Å². The Hall–Kier alpha value is -2.97. The highest BCUT2D eigenvalue weighted by atomic mass is 15.3. The van der Waals surface area contributed by atoms with E-state index >= 15 is 0 Å². The van der Waals surface area contributed by atoms with Gasteiger partial charge in [-0.1, -0.05) is 0 Å². The SMILES string of the molecule is CCn1c(Cn2ccnc2)nnc1C1CCN(c2nccc(N)n2)CC1. The summed E-state index contributed by atoms with van der Waals surface area (Å²) in [7, 11) is 0. The number of hydrogen-bond acceptors (Lipinski definition) is 7. The lowest BCUT2D eigenvalue weighted by atomic mass is 9.96. The highest BCUT2D eigenvalue weighted by Gasteiger charge is 2.27. The highest BCUT2D eigenvalue weighted by molar-refractivity contribution is 5.38. The van der Waals surface area contributed by atoms with Crippen molar-refractivity contribution in [3.63, 3.8) is 0 Å². The Labute approximate surface area is 151 Å². The van der Waals surface area contributed by atoms with Gasteiger partial charge in [0, 0.05) is 44.1 Å². The molecule has 1 aliphatic rings. The van der Waals surface area contributed by atoms with E-state index in [1.807, 2.05) is 10.8 Å². The van der Waals surface area contributed by atoms with Crippen molar-refractivity contribution in [2.45, 2.75) is 38.8 Å². The third-order valence-corrected chi connectivity index (χ3v) is 4.86. The molecule has 4 heterocycles. The molecule has 9 heteroatoms. The first-order valence-electron chi connectivity index (χ1n) is 8.95. The van der Waals surface area contributed by atoms with Crippen LogP contribution in [0.5, 0.6) is 0 Å². The molecule has 9 nitrogen and oxygen atoms in total. The summed E-state index contributed by atoms with van der Waals surface area (Å²) < 4.78 is 4.25. The summed E-state index contributed by atoms with van der Waals surface area (Å²) in [6.07, 6.45) is 9.24. The third kappa shape index (κ3) is 3.24. The number of rotatable bonds is 5. The van der Waals surface area contributed by atoms with E-state index in [1.54, 1.807) is 24.8 Å². The van der Waals surface area contributed by atoms with Crippen LogP contribution in [0, 0.1) is 0 Å². The van der Waals surface area contributed by atoms with E-state index in [0.29, 0.717) is 24.2 Å². The maximum atomic E-state index is 5.77. The molecule has 0 aromatic carbocycles. The molecule has 1 aliphatic heterocycles. The van der Waals surface area contributed by atoms with Gasteiger partial charge >= 0.3 is 0 Å². The average molecular weight is 353 g/mol. The molecule has 0 atom stereocenters. The zero-order valence-corrected chi connectivity index (χ0v) is 14.9. The monoisotopic (exact) mass is 353 g/mol. The number of hydrogen-bond donors (Lipinski definition) is 1. The summed E-state index contributed by atoms with van der Waals surface area (Å²) in [6, 6.07) is 1.71. The van der Waals surface area contributed by atoms with Crippen LogP contribution in [0.2, 0.25) is 0 Å². The second kappa shape index (κ2) is 7.11. The number of nitrogens with zero attached hydrogens (tertiary/aromatic N) is 8. The smallest absolute Gasteiger partial charge is 0.227 e. The molecular weight excluding hydrogens is 330 g/mol. The molecule has 0 aliphatic carbocycles. The van der Waals surface area contributed by atoms with Gasteiger partial charge in [0.1, 0.15) is 11.6 Å². The van der Waals surface area contributed by atoms with Crippen LogP contribution in [-0.2, 0) is 13.1 Å². The van der Waals surface area contributed by atoms with Gasteiger partial charge in [0.15, 0.2) is 5.82 Å². The summed E-state index contributed by atoms with van der Waals surface area (Å²) in [5, 5.41) is 8.95. The average Bonchev–Trinajstić information content (AvgIpc) is 3.32. The molecule has 1 saturated heterocycles. The zero-order valence-electron chi connectivity index (χ0n) is 14.9. The first kappa shape index (κ1) is 16.5. The minimum Gasteiger partial charge on any atom is -0.384 e. The van der Waals surface area contributed by atoms with Gasteiger partial charge in [-0.15, -0.1) is 10.2 Å². The number of anilines is 2. The molecular formula is C17H23N9. The maximum absolute atomic E-state index is 5.77. The van der Waals surface area contributed by atoms with E-state index in [1.165, 1.54) is 0 Å². The largest absolute Gasteiger partial charge is 0.384 e. The molecule has 4 rings (SSSR count). The van der Waals surface area contributed by atoms with Crippen LogP contribution >= 0.6 is 0 Å². The Kier molecular flexibility index (Phi) is 4.51. The summed E-state index contributed by atoms with van der Waals surface area (Å²) in [4.78, 5) is 14.9. The van der Waals surface area contributed by atoms with Crippen LogP contribution in [-0.4, -0.2) is 47.4 Å². The predicted molar refractivity (Wildman–Crippen MR) is 97.7 cm³/mol. The summed E-state index contributed by atoms with van der Waals surface area (Å²) >= 11 is 0. The highest BCUT2D eigenvalue weighted by Crippen LogP contribution is 2.29. The van der Waals surface area contributed by atoms with Crippen LogP contribution < -0.4 is 10.6 Å². The second-order valence-corrected chi connectivity index (χ2v) is 6.50. The van der Waals surface area contributed by atoms with Crippen molar-refractivity contribution in [3.8, 4) is 0 Å². The van der Waals surface area contributed by atoms with Crippen molar-refractivity contribution in [1.82, 2.24) is 34.3 Å². The Bertz CT molecular complexity index is 847. The second-order valence-electron chi connectivity index (χ2n) is 6.50. The van der Waals surface area contributed by atoms with Crippen molar-refractivity contribution >= 4 is 11.8 Å². The van der Waals surface area contributed by atoms with Crippen molar-refractivity contribution in [3.05, 3.63) is 42.6 Å². The molecule has 3 aromatic heterocycles. The Balaban J connectivity index is 1.46. The molecule has 1 fully saturated rings. The zero-order chi connectivity index (χ0) is 17.9. The minimum atomic E-state index is 0.399. The van der Waals surface area contributed by atoms with Gasteiger partial charge in [0.2, 0.25) is 5.95 Å². The lowest BCUT2D eigenvalue weighted by Crippen LogP contribution is -2.35. The Morgan fingerprint density at radius 2 is 2.04 bits per heavy atom. The van der Waals surface area contributed by atoms with Gasteiger partial charge in [0.05, 0.1) is 12.9 Å². The van der Waals surface area contributed by atoms with Crippen LogP contribution in [0.4, 0.5) is 11.8 Å². The Morgan fingerprint density at radius 1 is 1.19 bits per heavy atom. The van der Waals surface area contributed by atoms with Gasteiger partial charge in [0.25, 0.3) is 0 Å². The van der Waals surface area contributed by atoms with E-state index in [4.69, 9.17) is 5.73 Å². The van der Waals surface area contributed by atoms with Crippen molar-refractivity contribution in [2.75, 3.05) is 23.7 Å². The maximum Gasteiger partial charge on any atom is 0.227 e. The predicted octanol–water partition coefficient (Wildman–Crippen LogP) is 1.30. The van der Waals surface area contributed by atoms with E-state index < -0.39 is 0 Å². The topological polar surface area (TPSA) is 104 Å². The van der Waals surface area contributed by atoms with Gasteiger partial charge in [-0.05, 0) is 25.8 Å². The normalized spacial score (nSPS) is 15.5. The first-order chi connectivity index (χ1) is 12.7. The van der Waals surface area contributed by atoms with Crippen LogP contribution in [0.1, 0.15) is 37.3 Å². The van der Waals surface area contributed by atoms with Gasteiger partial charge < -0.3 is 19.8 Å². The molecule has 0 amide bonds. The molecule has 0 spiro atoms. The molecule has 26 heavy (non-hydrogen) atoms. The van der Waals surface area contributed by atoms with Crippen LogP contribution in [0.15, 0.2) is 31.0 Å². The van der Waals surface area contributed by atoms with Crippen LogP contribution in [0.25, 0.3) is 0 Å². The standard InChI is InChI=1S/C17H23N9/c1-2-26-15(11-24-10-7-19-12-24)22-23-16(26)13-4-8-25(9-5-13)17-20-6-3-14(18)21-17/h3,6-7,10,12-13H,2,4-5,8-9,11H2,1H3,(H2,18,20,21). The molecule has 0 unspecified atom stereocenters. The van der Waals surface area contributed by atoms with Crippen molar-refractivity contribution in [1.29, 1.82) is 0 Å². The first-order valence-corrected chi connectivity index (χ1v) is 8.95. The number of nitrogens with two attached hydrogens (primary N) is 1. The van der Waals surface area contributed by atoms with Crippen molar-refractivity contribution in [2.24, 2.45) is 0 Å². The van der Waals surface area contributed by atoms with Crippen LogP contribution in [0.3, 0.4) is 0 Å². The van der Waals surface area contributed by atoms with Gasteiger partial charge in [-0.25, -0.2) is 9.97 Å². The van der Waals surface area contributed by atoms with E-state index in [0.717, 1.165) is 44.1 Å². The number of nitrogen functional groups attached to an aromatic ring is 1. The minimum absolute atomic E-state index is 0.399. The molecule has 136 valence electrons. The molecule has 0 radical (unpaired) electrons. The number of imidazole rings is 1.